The van der Waals surface area contributed by atoms with Crippen molar-refractivity contribution in [1.82, 2.24) is 9.78 Å². The zero-order chi connectivity index (χ0) is 8.43. The van der Waals surface area contributed by atoms with Crippen LogP contribution in [-0.2, 0) is 0 Å². The van der Waals surface area contributed by atoms with Crippen LogP contribution in [0.25, 0.3) is 0 Å². The third-order valence-electron chi connectivity index (χ3n) is 1.58. The lowest BCUT2D eigenvalue weighted by molar-refractivity contribution is 0.517. The number of anilines is 1. The van der Waals surface area contributed by atoms with E-state index in [1.54, 1.807) is 17.9 Å². The van der Waals surface area contributed by atoms with Gasteiger partial charge in [0, 0.05) is 19.3 Å². The van der Waals surface area contributed by atoms with Crippen molar-refractivity contribution in [1.29, 1.82) is 0 Å². The van der Waals surface area contributed by atoms with Crippen LogP contribution in [-0.4, -0.2) is 16.8 Å². The number of H-pyrrole nitrogens is 1. The summed E-state index contributed by atoms with van der Waals surface area (Å²) in [6.45, 7) is 3.91. The standard InChI is InChI=1S/C7H13N3O/c1-5(2)10-7(11)6(8-3)4-9-10/h4-5,8-9H,1-3H3. The Morgan fingerprint density at radius 3 is 2.55 bits per heavy atom. The second kappa shape index (κ2) is 2.82. The Morgan fingerprint density at radius 2 is 2.27 bits per heavy atom. The topological polar surface area (TPSA) is 49.8 Å². The first-order chi connectivity index (χ1) is 5.16. The summed E-state index contributed by atoms with van der Waals surface area (Å²) in [5.41, 5.74) is 0.612. The molecule has 0 radical (unpaired) electrons. The number of aromatic nitrogens is 2. The van der Waals surface area contributed by atoms with Crippen molar-refractivity contribution >= 4 is 5.69 Å². The summed E-state index contributed by atoms with van der Waals surface area (Å²) in [6.07, 6.45) is 1.67. The maximum Gasteiger partial charge on any atom is 0.290 e. The Balaban J connectivity index is 3.11. The highest BCUT2D eigenvalue weighted by molar-refractivity contribution is 5.37. The molecule has 0 aliphatic carbocycles. The van der Waals surface area contributed by atoms with E-state index in [1.807, 2.05) is 13.8 Å². The molecule has 1 heterocycles. The van der Waals surface area contributed by atoms with E-state index >= 15 is 0 Å². The number of nitrogens with zero attached hydrogens (tertiary/aromatic N) is 1. The first-order valence-corrected chi connectivity index (χ1v) is 3.64. The molecule has 0 unspecified atom stereocenters. The Hall–Kier alpha value is -1.19. The van der Waals surface area contributed by atoms with Gasteiger partial charge in [-0.2, -0.15) is 0 Å². The third-order valence-corrected chi connectivity index (χ3v) is 1.58. The molecule has 0 saturated carbocycles. The van der Waals surface area contributed by atoms with Crippen LogP contribution >= 0.6 is 0 Å². The summed E-state index contributed by atoms with van der Waals surface area (Å²) >= 11 is 0. The van der Waals surface area contributed by atoms with Crippen molar-refractivity contribution in [3.63, 3.8) is 0 Å². The van der Waals surface area contributed by atoms with E-state index < -0.39 is 0 Å². The smallest absolute Gasteiger partial charge is 0.290 e. The third kappa shape index (κ3) is 1.29. The molecule has 0 aliphatic rings. The van der Waals surface area contributed by atoms with E-state index in [0.29, 0.717) is 5.69 Å². The molecule has 1 aromatic heterocycles. The monoisotopic (exact) mass is 155 g/mol. The van der Waals surface area contributed by atoms with Crippen LogP contribution in [0.15, 0.2) is 11.0 Å². The Kier molecular flexibility index (Phi) is 2.03. The zero-order valence-corrected chi connectivity index (χ0v) is 7.01. The van der Waals surface area contributed by atoms with E-state index in [-0.39, 0.29) is 11.6 Å². The second-order valence-electron chi connectivity index (χ2n) is 2.71. The fourth-order valence-electron chi connectivity index (χ4n) is 0.947. The maximum atomic E-state index is 11.3. The van der Waals surface area contributed by atoms with Gasteiger partial charge in [-0.3, -0.25) is 4.79 Å². The van der Waals surface area contributed by atoms with Gasteiger partial charge in [0.25, 0.3) is 5.56 Å². The minimum atomic E-state index is 0.00231. The van der Waals surface area contributed by atoms with E-state index in [9.17, 15) is 4.79 Å². The molecule has 4 heteroatoms. The summed E-state index contributed by atoms with van der Waals surface area (Å²) < 4.78 is 1.58. The number of hydrogen-bond acceptors (Lipinski definition) is 2. The van der Waals surface area contributed by atoms with Gasteiger partial charge in [0.05, 0.1) is 0 Å². The fourth-order valence-corrected chi connectivity index (χ4v) is 0.947. The molecule has 0 saturated heterocycles. The number of aromatic amines is 1. The highest BCUT2D eigenvalue weighted by Crippen LogP contribution is 2.00. The number of hydrogen-bond donors (Lipinski definition) is 2. The molecule has 62 valence electrons. The highest BCUT2D eigenvalue weighted by Gasteiger charge is 2.05. The first kappa shape index (κ1) is 7.91. The van der Waals surface area contributed by atoms with Gasteiger partial charge in [-0.25, -0.2) is 4.68 Å². The molecule has 1 rings (SSSR count). The molecule has 0 spiro atoms. The molecule has 0 fully saturated rings. The Labute approximate surface area is 65.2 Å². The van der Waals surface area contributed by atoms with Crippen LogP contribution in [0.1, 0.15) is 19.9 Å². The zero-order valence-electron chi connectivity index (χ0n) is 7.01. The normalized spacial score (nSPS) is 10.5. The van der Waals surface area contributed by atoms with Crippen molar-refractivity contribution in [2.45, 2.75) is 19.9 Å². The maximum absolute atomic E-state index is 11.3. The van der Waals surface area contributed by atoms with Crippen molar-refractivity contribution < 1.29 is 0 Å². The fraction of sp³-hybridized carbons (Fsp3) is 0.571. The number of nitrogens with one attached hydrogen (secondary N) is 2. The largest absolute Gasteiger partial charge is 0.382 e. The molecule has 0 bridgehead atoms. The van der Waals surface area contributed by atoms with Crippen LogP contribution in [0.3, 0.4) is 0 Å². The molecule has 0 amide bonds. The summed E-state index contributed by atoms with van der Waals surface area (Å²) in [7, 11) is 1.73. The van der Waals surface area contributed by atoms with Gasteiger partial charge in [0.2, 0.25) is 0 Å². The summed E-state index contributed by atoms with van der Waals surface area (Å²) in [6, 6.07) is 0.185. The van der Waals surface area contributed by atoms with Gasteiger partial charge in [-0.1, -0.05) is 0 Å². The average Bonchev–Trinajstić information content (AvgIpc) is 2.30. The van der Waals surface area contributed by atoms with E-state index in [4.69, 9.17) is 0 Å². The molecule has 1 aromatic rings. The van der Waals surface area contributed by atoms with E-state index in [2.05, 4.69) is 10.4 Å². The molecular weight excluding hydrogens is 142 g/mol. The van der Waals surface area contributed by atoms with Crippen LogP contribution < -0.4 is 10.9 Å². The molecule has 4 nitrogen and oxygen atoms in total. The van der Waals surface area contributed by atoms with Crippen LogP contribution in [0.5, 0.6) is 0 Å². The van der Waals surface area contributed by atoms with Crippen LogP contribution in [0.2, 0.25) is 0 Å². The minimum absolute atomic E-state index is 0.00231. The predicted octanol–water partition coefficient (Wildman–Crippen LogP) is 0.799. The molecule has 0 atom stereocenters. The van der Waals surface area contributed by atoms with E-state index in [1.165, 1.54) is 0 Å². The average molecular weight is 155 g/mol. The van der Waals surface area contributed by atoms with Gasteiger partial charge in [-0.05, 0) is 13.8 Å². The summed E-state index contributed by atoms with van der Waals surface area (Å²) in [5, 5.41) is 5.67. The van der Waals surface area contributed by atoms with Gasteiger partial charge in [0.15, 0.2) is 0 Å². The lowest BCUT2D eigenvalue weighted by Crippen LogP contribution is -2.20. The summed E-state index contributed by atoms with van der Waals surface area (Å²) in [5.74, 6) is 0. The van der Waals surface area contributed by atoms with Crippen molar-refractivity contribution in [3.05, 3.63) is 16.6 Å². The lowest BCUT2D eigenvalue weighted by Gasteiger charge is -2.02. The second-order valence-corrected chi connectivity index (χ2v) is 2.71. The van der Waals surface area contributed by atoms with Crippen molar-refractivity contribution in [3.8, 4) is 0 Å². The molecular formula is C7H13N3O. The number of rotatable bonds is 2. The highest BCUT2D eigenvalue weighted by atomic mass is 16.1. The Morgan fingerprint density at radius 1 is 1.64 bits per heavy atom. The first-order valence-electron chi connectivity index (χ1n) is 3.64. The van der Waals surface area contributed by atoms with Crippen molar-refractivity contribution in [2.24, 2.45) is 0 Å². The van der Waals surface area contributed by atoms with Gasteiger partial charge in [0.1, 0.15) is 5.69 Å². The predicted molar refractivity (Wildman–Crippen MR) is 45.0 cm³/mol. The minimum Gasteiger partial charge on any atom is -0.382 e. The van der Waals surface area contributed by atoms with Gasteiger partial charge >= 0.3 is 0 Å². The van der Waals surface area contributed by atoms with Crippen LogP contribution in [0, 0.1) is 0 Å². The SMILES string of the molecule is CNc1c[nH]n(C(C)C)c1=O. The molecule has 2 N–H and O–H groups in total. The van der Waals surface area contributed by atoms with Gasteiger partial charge < -0.3 is 10.4 Å². The summed E-state index contributed by atoms with van der Waals surface area (Å²) in [4.78, 5) is 11.3. The Bertz CT molecular complexity index is 284. The van der Waals surface area contributed by atoms with Crippen molar-refractivity contribution in [2.75, 3.05) is 12.4 Å². The molecule has 11 heavy (non-hydrogen) atoms. The van der Waals surface area contributed by atoms with E-state index in [0.717, 1.165) is 0 Å². The van der Waals surface area contributed by atoms with Gasteiger partial charge in [-0.15, -0.1) is 0 Å². The lowest BCUT2D eigenvalue weighted by atomic mass is 10.4. The molecule has 0 aliphatic heterocycles. The van der Waals surface area contributed by atoms with Crippen LogP contribution in [0.4, 0.5) is 5.69 Å². The molecule has 0 aromatic carbocycles. The quantitative estimate of drug-likeness (QED) is 0.663.